The van der Waals surface area contributed by atoms with Crippen molar-refractivity contribution in [2.24, 2.45) is 10.9 Å². The van der Waals surface area contributed by atoms with Crippen molar-refractivity contribution in [3.05, 3.63) is 34.9 Å². The lowest BCUT2D eigenvalue weighted by atomic mass is 10.1. The van der Waals surface area contributed by atoms with Crippen LogP contribution in [0.2, 0.25) is 5.02 Å². The first-order chi connectivity index (χ1) is 8.17. The van der Waals surface area contributed by atoms with Crippen LogP contribution in [-0.4, -0.2) is 23.6 Å². The van der Waals surface area contributed by atoms with E-state index < -0.39 is 0 Å². The van der Waals surface area contributed by atoms with E-state index in [9.17, 15) is 0 Å². The fourth-order valence-corrected chi connectivity index (χ4v) is 1.70. The van der Waals surface area contributed by atoms with Gasteiger partial charge in [-0.3, -0.25) is 0 Å². The summed E-state index contributed by atoms with van der Waals surface area (Å²) in [6.07, 6.45) is 1.67. The minimum atomic E-state index is -0.0766. The molecule has 0 aliphatic heterocycles. The smallest absolute Gasteiger partial charge is 0.156 e. The normalized spacial score (nSPS) is 13.6. The van der Waals surface area contributed by atoms with E-state index in [4.69, 9.17) is 22.5 Å². The highest BCUT2D eigenvalue weighted by Gasteiger charge is 2.09. The number of hydrogen-bond acceptors (Lipinski definition) is 3. The molecule has 4 N–H and O–H groups in total. The van der Waals surface area contributed by atoms with Crippen molar-refractivity contribution >= 4 is 17.4 Å². The first-order valence-corrected chi connectivity index (χ1v) is 6.00. The first-order valence-electron chi connectivity index (χ1n) is 5.62. The van der Waals surface area contributed by atoms with Crippen LogP contribution >= 0.6 is 11.6 Å². The molecule has 1 unspecified atom stereocenters. The van der Waals surface area contributed by atoms with Gasteiger partial charge in [0.05, 0.1) is 6.04 Å². The van der Waals surface area contributed by atoms with Crippen LogP contribution in [0.5, 0.6) is 0 Å². The number of hydrogen-bond donors (Lipinski definition) is 3. The van der Waals surface area contributed by atoms with Crippen LogP contribution in [0.3, 0.4) is 0 Å². The summed E-state index contributed by atoms with van der Waals surface area (Å²) in [6.45, 7) is 2.76. The Balaban J connectivity index is 2.39. The van der Waals surface area contributed by atoms with E-state index in [1.165, 1.54) is 5.56 Å². The average molecular weight is 256 g/mol. The van der Waals surface area contributed by atoms with E-state index >= 15 is 0 Å². The number of oxime groups is 1. The number of nitrogens with one attached hydrogen (secondary N) is 1. The maximum atomic E-state index is 8.59. The maximum Gasteiger partial charge on any atom is 0.156 e. The van der Waals surface area contributed by atoms with Gasteiger partial charge in [0.15, 0.2) is 5.84 Å². The maximum absolute atomic E-state index is 8.59. The van der Waals surface area contributed by atoms with Crippen molar-refractivity contribution in [3.63, 3.8) is 0 Å². The molecule has 1 aromatic rings. The van der Waals surface area contributed by atoms with Crippen molar-refractivity contribution in [1.29, 1.82) is 0 Å². The highest BCUT2D eigenvalue weighted by Crippen LogP contribution is 2.09. The number of benzene rings is 1. The van der Waals surface area contributed by atoms with Crippen molar-refractivity contribution < 1.29 is 5.21 Å². The monoisotopic (exact) mass is 255 g/mol. The summed E-state index contributed by atoms with van der Waals surface area (Å²) < 4.78 is 0. The molecule has 0 saturated carbocycles. The molecule has 94 valence electrons. The number of nitrogens with two attached hydrogens (primary N) is 1. The molecule has 1 atom stereocenters. The molecule has 0 aliphatic carbocycles. The van der Waals surface area contributed by atoms with Gasteiger partial charge in [0.25, 0.3) is 0 Å². The largest absolute Gasteiger partial charge is 0.409 e. The van der Waals surface area contributed by atoms with E-state index in [1.54, 1.807) is 0 Å². The Kier molecular flexibility index (Phi) is 5.80. The second kappa shape index (κ2) is 7.14. The summed E-state index contributed by atoms with van der Waals surface area (Å²) in [5, 5.41) is 15.6. The van der Waals surface area contributed by atoms with Crippen LogP contribution in [0.15, 0.2) is 29.4 Å². The number of halogens is 1. The lowest BCUT2D eigenvalue weighted by molar-refractivity contribution is 0.314. The van der Waals surface area contributed by atoms with Crippen molar-refractivity contribution in [3.8, 4) is 0 Å². The van der Waals surface area contributed by atoms with Crippen LogP contribution < -0.4 is 11.1 Å². The van der Waals surface area contributed by atoms with Crippen molar-refractivity contribution in [2.75, 3.05) is 6.54 Å². The molecular weight excluding hydrogens is 238 g/mol. The van der Waals surface area contributed by atoms with Crippen molar-refractivity contribution in [2.45, 2.75) is 25.8 Å². The second-order valence-corrected chi connectivity index (χ2v) is 4.25. The lowest BCUT2D eigenvalue weighted by Crippen LogP contribution is -2.41. The molecule has 1 rings (SSSR count). The SMILES string of the molecule is CCC(NCCc1ccc(Cl)cc1)/C(N)=N/O. The summed E-state index contributed by atoms with van der Waals surface area (Å²) in [7, 11) is 0. The predicted octanol–water partition coefficient (Wildman–Crippen LogP) is 2.00. The Morgan fingerprint density at radius 3 is 2.65 bits per heavy atom. The van der Waals surface area contributed by atoms with E-state index in [0.29, 0.717) is 0 Å². The molecule has 4 nitrogen and oxygen atoms in total. The van der Waals surface area contributed by atoms with Crippen LogP contribution in [0, 0.1) is 0 Å². The molecule has 0 aliphatic rings. The standard InChI is InChI=1S/C12H18ClN3O/c1-2-11(12(14)16-17)15-8-7-9-3-5-10(13)6-4-9/h3-6,11,15,17H,2,7-8H2,1H3,(H2,14,16). The minimum absolute atomic E-state index is 0.0766. The third-order valence-electron chi connectivity index (χ3n) is 2.60. The van der Waals surface area contributed by atoms with Crippen LogP contribution in [0.1, 0.15) is 18.9 Å². The van der Waals surface area contributed by atoms with E-state index in [2.05, 4.69) is 10.5 Å². The van der Waals surface area contributed by atoms with Gasteiger partial charge in [-0.15, -0.1) is 0 Å². The lowest BCUT2D eigenvalue weighted by Gasteiger charge is -2.15. The fourth-order valence-electron chi connectivity index (χ4n) is 1.57. The molecule has 0 amide bonds. The Morgan fingerprint density at radius 1 is 1.47 bits per heavy atom. The molecule has 0 radical (unpaired) electrons. The zero-order valence-electron chi connectivity index (χ0n) is 9.86. The predicted molar refractivity (Wildman–Crippen MR) is 70.6 cm³/mol. The third kappa shape index (κ3) is 4.63. The molecule has 0 aromatic heterocycles. The van der Waals surface area contributed by atoms with Gasteiger partial charge in [0, 0.05) is 5.02 Å². The fraction of sp³-hybridized carbons (Fsp3) is 0.417. The molecule has 0 bridgehead atoms. The van der Waals surface area contributed by atoms with Crippen molar-refractivity contribution in [1.82, 2.24) is 5.32 Å². The van der Waals surface area contributed by atoms with Gasteiger partial charge >= 0.3 is 0 Å². The number of amidine groups is 1. The summed E-state index contributed by atoms with van der Waals surface area (Å²) in [6, 6.07) is 7.66. The molecule has 0 spiro atoms. The van der Waals surface area contributed by atoms with E-state index in [0.717, 1.165) is 24.4 Å². The zero-order valence-corrected chi connectivity index (χ0v) is 10.6. The molecular formula is C12H18ClN3O. The summed E-state index contributed by atoms with van der Waals surface area (Å²) in [4.78, 5) is 0. The summed E-state index contributed by atoms with van der Waals surface area (Å²) >= 11 is 5.80. The van der Waals surface area contributed by atoms with Crippen LogP contribution in [0.4, 0.5) is 0 Å². The van der Waals surface area contributed by atoms with Gasteiger partial charge in [-0.25, -0.2) is 0 Å². The molecule has 5 heteroatoms. The molecule has 0 heterocycles. The zero-order chi connectivity index (χ0) is 12.7. The molecule has 0 saturated heterocycles. The molecule has 1 aromatic carbocycles. The molecule has 17 heavy (non-hydrogen) atoms. The van der Waals surface area contributed by atoms with Gasteiger partial charge in [0.2, 0.25) is 0 Å². The topological polar surface area (TPSA) is 70.6 Å². The van der Waals surface area contributed by atoms with Crippen LogP contribution in [-0.2, 0) is 6.42 Å². The number of rotatable bonds is 6. The van der Waals surface area contributed by atoms with E-state index in [1.807, 2.05) is 31.2 Å². The van der Waals surface area contributed by atoms with E-state index in [-0.39, 0.29) is 11.9 Å². The Morgan fingerprint density at radius 2 is 2.12 bits per heavy atom. The minimum Gasteiger partial charge on any atom is -0.409 e. The average Bonchev–Trinajstić information content (AvgIpc) is 2.36. The highest BCUT2D eigenvalue weighted by molar-refractivity contribution is 6.30. The third-order valence-corrected chi connectivity index (χ3v) is 2.85. The summed E-state index contributed by atoms with van der Waals surface area (Å²) in [5.74, 6) is 0.226. The Labute approximate surface area is 106 Å². The number of nitrogens with zero attached hydrogens (tertiary/aromatic N) is 1. The van der Waals surface area contributed by atoms with Gasteiger partial charge in [-0.05, 0) is 37.1 Å². The van der Waals surface area contributed by atoms with Crippen LogP contribution in [0.25, 0.3) is 0 Å². The van der Waals surface area contributed by atoms with Gasteiger partial charge < -0.3 is 16.3 Å². The Hall–Kier alpha value is -1.26. The van der Waals surface area contributed by atoms with Gasteiger partial charge in [-0.2, -0.15) is 0 Å². The quantitative estimate of drug-likeness (QED) is 0.315. The Bertz CT molecular complexity index is 365. The summed E-state index contributed by atoms with van der Waals surface area (Å²) in [5.41, 5.74) is 6.75. The first kappa shape index (κ1) is 13.8. The highest BCUT2D eigenvalue weighted by atomic mass is 35.5. The second-order valence-electron chi connectivity index (χ2n) is 3.82. The van der Waals surface area contributed by atoms with Gasteiger partial charge in [-0.1, -0.05) is 35.8 Å². The molecule has 0 fully saturated rings. The van der Waals surface area contributed by atoms with Gasteiger partial charge in [0.1, 0.15) is 0 Å².